The summed E-state index contributed by atoms with van der Waals surface area (Å²) in [6.45, 7) is 1.33. The first-order valence-corrected chi connectivity index (χ1v) is 10.5. The number of rotatable bonds is 6. The lowest BCUT2D eigenvalue weighted by molar-refractivity contribution is -0.144. The van der Waals surface area contributed by atoms with E-state index < -0.39 is 38.4 Å². The highest BCUT2D eigenvalue weighted by atomic mass is 35.5. The van der Waals surface area contributed by atoms with Crippen molar-refractivity contribution in [1.82, 2.24) is 0 Å². The predicted octanol–water partition coefficient (Wildman–Crippen LogP) is 4.97. The van der Waals surface area contributed by atoms with Gasteiger partial charge in [-0.05, 0) is 67.1 Å². The van der Waals surface area contributed by atoms with Crippen molar-refractivity contribution in [2.45, 2.75) is 22.8 Å². The Morgan fingerprint density at radius 3 is 2.30 bits per heavy atom. The van der Waals surface area contributed by atoms with Crippen molar-refractivity contribution in [2.24, 2.45) is 0 Å². The molecule has 0 aliphatic carbocycles. The van der Waals surface area contributed by atoms with Crippen LogP contribution in [0.2, 0.25) is 5.02 Å². The summed E-state index contributed by atoms with van der Waals surface area (Å²) < 4.78 is 58.6. The summed E-state index contributed by atoms with van der Waals surface area (Å²) in [6.07, 6.45) is -1.17. The maximum Gasteiger partial charge on any atom is 0.344 e. The minimum Gasteiger partial charge on any atom is -0.479 e. The van der Waals surface area contributed by atoms with E-state index in [1.807, 2.05) is 0 Å². The molecule has 0 aliphatic rings. The average molecular weight is 453 g/mol. The van der Waals surface area contributed by atoms with Gasteiger partial charge in [0.2, 0.25) is 9.84 Å². The minimum absolute atomic E-state index is 0.142. The van der Waals surface area contributed by atoms with E-state index in [4.69, 9.17) is 21.4 Å². The maximum atomic E-state index is 14.8. The number of halogens is 3. The third kappa shape index (κ3) is 4.44. The Hall–Kier alpha value is -2.97. The molecular weight excluding hydrogens is 438 g/mol. The number of hydrogen-bond donors (Lipinski definition) is 1. The van der Waals surface area contributed by atoms with Crippen LogP contribution < -0.4 is 4.74 Å². The molecule has 0 aliphatic heterocycles. The molecule has 9 heteroatoms. The van der Waals surface area contributed by atoms with E-state index in [9.17, 15) is 22.0 Å². The Morgan fingerprint density at radius 1 is 1.03 bits per heavy atom. The van der Waals surface area contributed by atoms with E-state index in [-0.39, 0.29) is 16.2 Å². The first kappa shape index (κ1) is 21.7. The number of carbonyl (C=O) groups is 1. The van der Waals surface area contributed by atoms with Gasteiger partial charge < -0.3 is 9.84 Å². The van der Waals surface area contributed by atoms with Gasteiger partial charge in [0.25, 0.3) is 0 Å². The largest absolute Gasteiger partial charge is 0.479 e. The Morgan fingerprint density at radius 2 is 1.70 bits per heavy atom. The van der Waals surface area contributed by atoms with E-state index in [2.05, 4.69) is 0 Å². The van der Waals surface area contributed by atoms with Crippen molar-refractivity contribution in [3.05, 3.63) is 77.3 Å². The lowest BCUT2D eigenvalue weighted by Crippen LogP contribution is -2.23. The van der Waals surface area contributed by atoms with Gasteiger partial charge in [0, 0.05) is 10.6 Å². The number of hydrogen-bond acceptors (Lipinski definition) is 4. The van der Waals surface area contributed by atoms with Crippen molar-refractivity contribution >= 4 is 27.4 Å². The van der Waals surface area contributed by atoms with Gasteiger partial charge in [-0.3, -0.25) is 0 Å². The highest BCUT2D eigenvalue weighted by Gasteiger charge is 2.23. The highest BCUT2D eigenvalue weighted by Crippen LogP contribution is 2.35. The number of carboxylic acids is 1. The normalized spacial score (nSPS) is 12.4. The van der Waals surface area contributed by atoms with Crippen LogP contribution in [0.25, 0.3) is 11.1 Å². The molecule has 30 heavy (non-hydrogen) atoms. The zero-order valence-corrected chi connectivity index (χ0v) is 17.0. The van der Waals surface area contributed by atoms with E-state index in [1.54, 1.807) is 0 Å². The zero-order valence-electron chi connectivity index (χ0n) is 15.5. The van der Waals surface area contributed by atoms with Crippen LogP contribution in [-0.2, 0) is 14.6 Å². The summed E-state index contributed by atoms with van der Waals surface area (Å²) >= 11 is 6.01. The highest BCUT2D eigenvalue weighted by molar-refractivity contribution is 7.91. The summed E-state index contributed by atoms with van der Waals surface area (Å²) in [5.41, 5.74) is 0.529. The quantitative estimate of drug-likeness (QED) is 0.534. The molecule has 1 N–H and O–H groups in total. The molecule has 0 heterocycles. The third-order valence-electron chi connectivity index (χ3n) is 4.25. The second-order valence-corrected chi connectivity index (χ2v) is 8.70. The zero-order chi connectivity index (χ0) is 22.1. The number of aliphatic carboxylic acids is 1. The SMILES string of the molecule is C[C@H](Oc1ccc(Cl)cc1-c1ccc(S(=O)(=O)c2ccc(F)cc2)c(F)c1)C(=O)O. The summed E-state index contributed by atoms with van der Waals surface area (Å²) in [5.74, 6) is -2.70. The van der Waals surface area contributed by atoms with Crippen LogP contribution in [0.5, 0.6) is 5.75 Å². The fourth-order valence-corrected chi connectivity index (χ4v) is 4.18. The Kier molecular flexibility index (Phi) is 6.09. The average Bonchev–Trinajstić information content (AvgIpc) is 2.69. The standard InChI is InChI=1S/C21H15ClF2O5S/c1-12(21(25)26)29-19-8-3-14(22)11-17(19)13-2-9-20(18(24)10-13)30(27,28)16-6-4-15(23)5-7-16/h2-12H,1H3,(H,25,26)/t12-/m0/s1. The molecule has 0 bridgehead atoms. The molecule has 0 saturated carbocycles. The number of benzene rings is 3. The fraction of sp³-hybridized carbons (Fsp3) is 0.0952. The van der Waals surface area contributed by atoms with E-state index in [0.29, 0.717) is 10.6 Å². The number of sulfone groups is 1. The molecule has 0 saturated heterocycles. The fourth-order valence-electron chi connectivity index (χ4n) is 2.70. The van der Waals surface area contributed by atoms with Crippen LogP contribution in [0.15, 0.2) is 70.5 Å². The maximum absolute atomic E-state index is 14.8. The van der Waals surface area contributed by atoms with Crippen molar-refractivity contribution in [3.63, 3.8) is 0 Å². The molecule has 156 valence electrons. The second-order valence-electron chi connectivity index (χ2n) is 6.34. The summed E-state index contributed by atoms with van der Waals surface area (Å²) in [7, 11) is -4.21. The molecule has 0 amide bonds. The van der Waals surface area contributed by atoms with Gasteiger partial charge in [-0.25, -0.2) is 22.0 Å². The molecular formula is C21H15ClF2O5S. The van der Waals surface area contributed by atoms with Crippen molar-refractivity contribution in [1.29, 1.82) is 0 Å². The Labute approximate surface area is 176 Å². The van der Waals surface area contributed by atoms with Crippen molar-refractivity contribution in [3.8, 4) is 16.9 Å². The molecule has 3 rings (SSSR count). The monoisotopic (exact) mass is 452 g/mol. The molecule has 1 atom stereocenters. The topological polar surface area (TPSA) is 80.7 Å². The molecule has 3 aromatic rings. The van der Waals surface area contributed by atoms with Crippen molar-refractivity contribution in [2.75, 3.05) is 0 Å². The molecule has 0 fully saturated rings. The Bertz CT molecular complexity index is 1210. The van der Waals surface area contributed by atoms with Gasteiger partial charge in [0.15, 0.2) is 6.10 Å². The van der Waals surface area contributed by atoms with Gasteiger partial charge in [-0.2, -0.15) is 0 Å². The van der Waals surface area contributed by atoms with Crippen LogP contribution in [0.1, 0.15) is 6.92 Å². The molecule has 0 aromatic heterocycles. The van der Waals surface area contributed by atoms with E-state index >= 15 is 0 Å². The molecule has 5 nitrogen and oxygen atoms in total. The summed E-state index contributed by atoms with van der Waals surface area (Å²) in [4.78, 5) is 10.2. The van der Waals surface area contributed by atoms with Gasteiger partial charge in [-0.1, -0.05) is 17.7 Å². The lowest BCUT2D eigenvalue weighted by atomic mass is 10.0. The predicted molar refractivity (Wildman–Crippen MR) is 106 cm³/mol. The third-order valence-corrected chi connectivity index (χ3v) is 6.29. The van der Waals surface area contributed by atoms with Gasteiger partial charge >= 0.3 is 5.97 Å². The first-order chi connectivity index (χ1) is 14.1. The summed E-state index contributed by atoms with van der Waals surface area (Å²) in [6, 6.07) is 11.8. The number of ether oxygens (including phenoxy) is 1. The van der Waals surface area contributed by atoms with Crippen LogP contribution in [-0.4, -0.2) is 25.6 Å². The van der Waals surface area contributed by atoms with E-state index in [1.165, 1.54) is 31.2 Å². The second kappa shape index (κ2) is 8.41. The van der Waals surface area contributed by atoms with Crippen LogP contribution in [0.4, 0.5) is 8.78 Å². The molecule has 0 spiro atoms. The van der Waals surface area contributed by atoms with Crippen molar-refractivity contribution < 1.29 is 31.8 Å². The smallest absolute Gasteiger partial charge is 0.344 e. The van der Waals surface area contributed by atoms with Gasteiger partial charge in [0.1, 0.15) is 22.3 Å². The van der Waals surface area contributed by atoms with Gasteiger partial charge in [-0.15, -0.1) is 0 Å². The van der Waals surface area contributed by atoms with E-state index in [0.717, 1.165) is 36.4 Å². The van der Waals surface area contributed by atoms with Crippen LogP contribution in [0.3, 0.4) is 0 Å². The summed E-state index contributed by atoms with van der Waals surface area (Å²) in [5, 5.41) is 9.35. The minimum atomic E-state index is -4.21. The molecule has 3 aromatic carbocycles. The Balaban J connectivity index is 2.05. The first-order valence-electron chi connectivity index (χ1n) is 8.59. The molecule has 0 radical (unpaired) electrons. The molecule has 0 unspecified atom stereocenters. The lowest BCUT2D eigenvalue weighted by Gasteiger charge is -2.15. The van der Waals surface area contributed by atoms with Crippen LogP contribution in [0, 0.1) is 11.6 Å². The van der Waals surface area contributed by atoms with Gasteiger partial charge in [0.05, 0.1) is 4.90 Å². The number of carboxylic acid groups (broad SMARTS) is 1. The van der Waals surface area contributed by atoms with Crippen LogP contribution >= 0.6 is 11.6 Å².